The van der Waals surface area contributed by atoms with Crippen LogP contribution in [0.4, 0.5) is 5.69 Å². The Balaban J connectivity index is 1.73. The quantitative estimate of drug-likeness (QED) is 0.802. The summed E-state index contributed by atoms with van der Waals surface area (Å²) in [6, 6.07) is 9.40. The largest absolute Gasteiger partial charge is 0.368 e. The molecule has 0 amide bonds. The maximum atomic E-state index is 9.32. The molecule has 1 aliphatic carbocycles. The third-order valence-corrected chi connectivity index (χ3v) is 4.70. The number of hydrogen-bond acceptors (Lipinski definition) is 3. The van der Waals surface area contributed by atoms with E-state index < -0.39 is 0 Å². The third-order valence-electron chi connectivity index (χ3n) is 4.05. The lowest BCUT2D eigenvalue weighted by atomic mass is 10.1. The molecule has 1 aliphatic heterocycles. The highest BCUT2D eigenvalue weighted by Crippen LogP contribution is 2.29. The Kier molecular flexibility index (Phi) is 3.76. The van der Waals surface area contributed by atoms with Gasteiger partial charge in [-0.2, -0.15) is 5.26 Å². The van der Waals surface area contributed by atoms with Crippen molar-refractivity contribution >= 4 is 21.6 Å². The van der Waals surface area contributed by atoms with Crippen LogP contribution in [0.2, 0.25) is 0 Å². The van der Waals surface area contributed by atoms with Gasteiger partial charge in [-0.15, -0.1) is 0 Å². The van der Waals surface area contributed by atoms with Gasteiger partial charge in [0, 0.05) is 37.6 Å². The van der Waals surface area contributed by atoms with Crippen LogP contribution in [0, 0.1) is 11.3 Å². The maximum absolute atomic E-state index is 9.32. The molecule has 1 aromatic rings. The van der Waals surface area contributed by atoms with Crippen molar-refractivity contribution in [3.05, 3.63) is 29.3 Å². The summed E-state index contributed by atoms with van der Waals surface area (Å²) in [5.41, 5.74) is 3.07. The van der Waals surface area contributed by atoms with E-state index in [-0.39, 0.29) is 0 Å². The maximum Gasteiger partial charge on any atom is 0.101 e. The number of hydrogen-bond donors (Lipinski definition) is 0. The van der Waals surface area contributed by atoms with Gasteiger partial charge in [0.15, 0.2) is 0 Å². The first-order valence-corrected chi connectivity index (χ1v) is 8.02. The Morgan fingerprint density at radius 1 is 1.21 bits per heavy atom. The smallest absolute Gasteiger partial charge is 0.101 e. The van der Waals surface area contributed by atoms with E-state index in [9.17, 15) is 5.26 Å². The summed E-state index contributed by atoms with van der Waals surface area (Å²) in [5.74, 6) is 0. The zero-order chi connectivity index (χ0) is 13.2. The summed E-state index contributed by atoms with van der Waals surface area (Å²) < 4.78 is 0. The molecule has 2 aliphatic rings. The lowest BCUT2D eigenvalue weighted by molar-refractivity contribution is 0.248. The zero-order valence-corrected chi connectivity index (χ0v) is 12.6. The average molecular weight is 320 g/mol. The minimum absolute atomic E-state index is 0.803. The van der Waals surface area contributed by atoms with Crippen LogP contribution in [-0.2, 0) is 5.33 Å². The van der Waals surface area contributed by atoms with Gasteiger partial charge in [0.1, 0.15) is 6.07 Å². The zero-order valence-electron chi connectivity index (χ0n) is 11.0. The SMILES string of the molecule is N#Cc1cc(CBr)ccc1N1CCN(C2CC2)CC1. The second kappa shape index (κ2) is 5.52. The summed E-state index contributed by atoms with van der Waals surface area (Å²) >= 11 is 3.44. The highest BCUT2D eigenvalue weighted by atomic mass is 79.9. The molecule has 0 radical (unpaired) electrons. The number of piperazine rings is 1. The molecule has 100 valence electrons. The fourth-order valence-electron chi connectivity index (χ4n) is 2.80. The van der Waals surface area contributed by atoms with Crippen molar-refractivity contribution in [3.8, 4) is 6.07 Å². The van der Waals surface area contributed by atoms with E-state index in [4.69, 9.17) is 0 Å². The minimum Gasteiger partial charge on any atom is -0.368 e. The topological polar surface area (TPSA) is 30.3 Å². The molecule has 2 fully saturated rings. The van der Waals surface area contributed by atoms with Crippen molar-refractivity contribution < 1.29 is 0 Å². The number of nitrogens with zero attached hydrogens (tertiary/aromatic N) is 3. The molecule has 0 aromatic heterocycles. The standard InChI is InChI=1S/C15H18BrN3/c16-10-12-1-4-15(13(9-12)11-17)19-7-5-18(6-8-19)14-2-3-14/h1,4,9,14H,2-3,5-8,10H2. The molecule has 0 bridgehead atoms. The van der Waals surface area contributed by atoms with Crippen molar-refractivity contribution in [2.24, 2.45) is 0 Å². The van der Waals surface area contributed by atoms with Crippen molar-refractivity contribution in [1.29, 1.82) is 5.26 Å². The predicted molar refractivity (Wildman–Crippen MR) is 80.6 cm³/mol. The van der Waals surface area contributed by atoms with Crippen LogP contribution < -0.4 is 4.90 Å². The Morgan fingerprint density at radius 3 is 2.53 bits per heavy atom. The van der Waals surface area contributed by atoms with Crippen molar-refractivity contribution in [1.82, 2.24) is 4.90 Å². The molecule has 3 rings (SSSR count). The first kappa shape index (κ1) is 13.0. The lowest BCUT2D eigenvalue weighted by Gasteiger charge is -2.36. The van der Waals surface area contributed by atoms with E-state index in [2.05, 4.69) is 43.9 Å². The van der Waals surface area contributed by atoms with Gasteiger partial charge in [-0.1, -0.05) is 22.0 Å². The fraction of sp³-hybridized carbons (Fsp3) is 0.533. The van der Waals surface area contributed by atoms with Crippen LogP contribution in [0.3, 0.4) is 0 Å². The van der Waals surface area contributed by atoms with Crippen molar-refractivity contribution in [2.45, 2.75) is 24.2 Å². The number of halogens is 1. The Labute approximate surface area is 122 Å². The third kappa shape index (κ3) is 2.77. The molecule has 0 N–H and O–H groups in total. The first-order chi connectivity index (χ1) is 9.31. The molecular weight excluding hydrogens is 302 g/mol. The van der Waals surface area contributed by atoms with E-state index in [0.29, 0.717) is 0 Å². The van der Waals surface area contributed by atoms with E-state index in [0.717, 1.165) is 54.4 Å². The normalized spacial score (nSPS) is 20.3. The summed E-state index contributed by atoms with van der Waals surface area (Å²) in [6.45, 7) is 4.35. The summed E-state index contributed by atoms with van der Waals surface area (Å²) in [7, 11) is 0. The van der Waals surface area contributed by atoms with Crippen molar-refractivity contribution in [3.63, 3.8) is 0 Å². The Bertz CT molecular complexity index is 497. The monoisotopic (exact) mass is 319 g/mol. The minimum atomic E-state index is 0.803. The summed E-state index contributed by atoms with van der Waals surface area (Å²) in [6.07, 6.45) is 2.76. The Morgan fingerprint density at radius 2 is 1.95 bits per heavy atom. The second-order valence-electron chi connectivity index (χ2n) is 5.35. The molecule has 3 nitrogen and oxygen atoms in total. The highest BCUT2D eigenvalue weighted by molar-refractivity contribution is 9.08. The second-order valence-corrected chi connectivity index (χ2v) is 5.91. The molecule has 1 saturated carbocycles. The van der Waals surface area contributed by atoms with E-state index in [1.54, 1.807) is 0 Å². The number of benzene rings is 1. The van der Waals surface area contributed by atoms with Crippen LogP contribution in [0.15, 0.2) is 18.2 Å². The van der Waals surface area contributed by atoms with E-state index >= 15 is 0 Å². The van der Waals surface area contributed by atoms with Gasteiger partial charge in [-0.25, -0.2) is 0 Å². The number of nitriles is 1. The van der Waals surface area contributed by atoms with E-state index in [1.807, 2.05) is 6.07 Å². The van der Waals surface area contributed by atoms with Gasteiger partial charge >= 0.3 is 0 Å². The lowest BCUT2D eigenvalue weighted by Crippen LogP contribution is -2.47. The van der Waals surface area contributed by atoms with Crippen LogP contribution in [0.5, 0.6) is 0 Å². The van der Waals surface area contributed by atoms with E-state index in [1.165, 1.54) is 12.8 Å². The van der Waals surface area contributed by atoms with Gasteiger partial charge in [0.25, 0.3) is 0 Å². The van der Waals surface area contributed by atoms with Gasteiger partial charge < -0.3 is 4.90 Å². The van der Waals surface area contributed by atoms with Crippen molar-refractivity contribution in [2.75, 3.05) is 31.1 Å². The van der Waals surface area contributed by atoms with Gasteiger partial charge in [-0.3, -0.25) is 4.90 Å². The molecule has 0 unspecified atom stereocenters. The average Bonchev–Trinajstić information content (AvgIpc) is 3.31. The van der Waals surface area contributed by atoms with Gasteiger partial charge in [0.05, 0.1) is 11.3 Å². The van der Waals surface area contributed by atoms with Crippen LogP contribution in [0.1, 0.15) is 24.0 Å². The fourth-order valence-corrected chi connectivity index (χ4v) is 3.15. The molecule has 4 heteroatoms. The van der Waals surface area contributed by atoms with Crippen LogP contribution in [0.25, 0.3) is 0 Å². The summed E-state index contributed by atoms with van der Waals surface area (Å²) in [5, 5.41) is 10.1. The van der Waals surface area contributed by atoms with Crippen LogP contribution >= 0.6 is 15.9 Å². The molecule has 1 heterocycles. The van der Waals surface area contributed by atoms with Gasteiger partial charge in [0.2, 0.25) is 0 Å². The predicted octanol–water partition coefficient (Wildman–Crippen LogP) is 2.74. The molecule has 0 spiro atoms. The number of alkyl halides is 1. The molecule has 0 atom stereocenters. The Hall–Kier alpha value is -1.05. The first-order valence-electron chi connectivity index (χ1n) is 6.90. The molecule has 19 heavy (non-hydrogen) atoms. The van der Waals surface area contributed by atoms with Crippen LogP contribution in [-0.4, -0.2) is 37.1 Å². The molecule has 1 aromatic carbocycles. The van der Waals surface area contributed by atoms with Gasteiger partial charge in [-0.05, 0) is 30.5 Å². The molecule has 1 saturated heterocycles. The highest BCUT2D eigenvalue weighted by Gasteiger charge is 2.31. The summed E-state index contributed by atoms with van der Waals surface area (Å²) in [4.78, 5) is 4.95. The number of rotatable bonds is 3. The molecular formula is C15H18BrN3. The number of anilines is 1.